The molecular formula is C12H16O. The van der Waals surface area contributed by atoms with Crippen LogP contribution >= 0.6 is 0 Å². The van der Waals surface area contributed by atoms with Crippen molar-refractivity contribution in [1.29, 1.82) is 0 Å². The molecule has 0 spiro atoms. The van der Waals surface area contributed by atoms with Gasteiger partial charge in [0, 0.05) is 0 Å². The highest BCUT2D eigenvalue weighted by Gasteiger charge is 2.36. The maximum absolute atomic E-state index is 5.48. The first-order valence-corrected chi connectivity index (χ1v) is 4.83. The Bertz CT molecular complexity index is 341. The van der Waals surface area contributed by atoms with Crippen molar-refractivity contribution in [2.45, 2.75) is 39.9 Å². The minimum atomic E-state index is 0.360. The molecule has 0 radical (unpaired) electrons. The third-order valence-electron chi connectivity index (χ3n) is 3.12. The van der Waals surface area contributed by atoms with Crippen molar-refractivity contribution < 1.29 is 4.74 Å². The lowest BCUT2D eigenvalue weighted by atomic mass is 9.96. The molecule has 1 aliphatic heterocycles. The normalized spacial score (nSPS) is 26.2. The predicted molar refractivity (Wildman–Crippen MR) is 53.9 cm³/mol. The Labute approximate surface area is 79.7 Å². The average Bonchev–Trinajstić information content (AvgIpc) is 2.79. The second-order valence-electron chi connectivity index (χ2n) is 3.98. The van der Waals surface area contributed by atoms with Gasteiger partial charge in [0.15, 0.2) is 0 Å². The molecule has 1 aromatic rings. The fourth-order valence-electron chi connectivity index (χ4n) is 1.80. The molecule has 1 fully saturated rings. The third-order valence-corrected chi connectivity index (χ3v) is 3.12. The van der Waals surface area contributed by atoms with Gasteiger partial charge in [0.05, 0.1) is 6.10 Å². The highest BCUT2D eigenvalue weighted by atomic mass is 16.6. The number of hydrogen-bond donors (Lipinski definition) is 0. The molecule has 1 saturated heterocycles. The van der Waals surface area contributed by atoms with E-state index in [4.69, 9.17) is 4.74 Å². The standard InChI is InChI=1S/C12H16O/c1-7-5-6-11(9(3)8(7)2)12-10(4)13-12/h5-6,10,12H,1-4H3. The fourth-order valence-corrected chi connectivity index (χ4v) is 1.80. The topological polar surface area (TPSA) is 12.5 Å². The van der Waals surface area contributed by atoms with Crippen LogP contribution in [0.3, 0.4) is 0 Å². The molecule has 2 unspecified atom stereocenters. The molecule has 1 aromatic carbocycles. The van der Waals surface area contributed by atoms with E-state index in [2.05, 4.69) is 39.8 Å². The zero-order valence-corrected chi connectivity index (χ0v) is 8.72. The van der Waals surface area contributed by atoms with E-state index in [0.29, 0.717) is 12.2 Å². The molecule has 0 aliphatic carbocycles. The first-order chi connectivity index (χ1) is 6.11. The van der Waals surface area contributed by atoms with E-state index in [1.54, 1.807) is 0 Å². The SMILES string of the molecule is Cc1ccc(C2OC2C)c(C)c1C. The smallest absolute Gasteiger partial charge is 0.109 e. The van der Waals surface area contributed by atoms with Crippen molar-refractivity contribution in [3.05, 3.63) is 34.4 Å². The van der Waals surface area contributed by atoms with Crippen LogP contribution in [-0.2, 0) is 4.74 Å². The van der Waals surface area contributed by atoms with E-state index < -0.39 is 0 Å². The molecule has 70 valence electrons. The monoisotopic (exact) mass is 176 g/mol. The Balaban J connectivity index is 2.43. The van der Waals surface area contributed by atoms with Crippen LogP contribution in [-0.4, -0.2) is 6.10 Å². The summed E-state index contributed by atoms with van der Waals surface area (Å²) in [5, 5.41) is 0. The highest BCUT2D eigenvalue weighted by Crippen LogP contribution is 2.40. The van der Waals surface area contributed by atoms with Gasteiger partial charge in [-0.1, -0.05) is 12.1 Å². The summed E-state index contributed by atoms with van der Waals surface area (Å²) in [7, 11) is 0. The fraction of sp³-hybridized carbons (Fsp3) is 0.500. The Hall–Kier alpha value is -0.820. The Morgan fingerprint density at radius 1 is 1.08 bits per heavy atom. The van der Waals surface area contributed by atoms with E-state index in [9.17, 15) is 0 Å². The van der Waals surface area contributed by atoms with Gasteiger partial charge >= 0.3 is 0 Å². The molecule has 1 nitrogen and oxygen atoms in total. The lowest BCUT2D eigenvalue weighted by Crippen LogP contribution is -1.94. The molecule has 0 N–H and O–H groups in total. The third kappa shape index (κ3) is 1.37. The lowest BCUT2D eigenvalue weighted by molar-refractivity contribution is 0.382. The Morgan fingerprint density at radius 3 is 2.23 bits per heavy atom. The molecular weight excluding hydrogens is 160 g/mol. The molecule has 13 heavy (non-hydrogen) atoms. The number of hydrogen-bond acceptors (Lipinski definition) is 1. The maximum atomic E-state index is 5.48. The predicted octanol–water partition coefficient (Wildman–Crippen LogP) is 3.07. The summed E-state index contributed by atoms with van der Waals surface area (Å²) in [5.41, 5.74) is 5.54. The molecule has 0 saturated carbocycles. The quantitative estimate of drug-likeness (QED) is 0.599. The van der Waals surface area contributed by atoms with Gasteiger partial charge in [0.2, 0.25) is 0 Å². The van der Waals surface area contributed by atoms with Crippen LogP contribution in [0, 0.1) is 20.8 Å². The van der Waals surface area contributed by atoms with Crippen molar-refractivity contribution in [3.63, 3.8) is 0 Å². The zero-order valence-electron chi connectivity index (χ0n) is 8.72. The average molecular weight is 176 g/mol. The summed E-state index contributed by atoms with van der Waals surface area (Å²) in [4.78, 5) is 0. The summed E-state index contributed by atoms with van der Waals surface area (Å²) in [6.07, 6.45) is 0.778. The van der Waals surface area contributed by atoms with Gasteiger partial charge in [0.25, 0.3) is 0 Å². The van der Waals surface area contributed by atoms with Gasteiger partial charge in [-0.05, 0) is 49.9 Å². The molecule has 1 aliphatic rings. The molecule has 2 atom stereocenters. The van der Waals surface area contributed by atoms with Crippen LogP contribution in [0.25, 0.3) is 0 Å². The summed E-state index contributed by atoms with van der Waals surface area (Å²) in [6.45, 7) is 8.65. The Morgan fingerprint density at radius 2 is 1.69 bits per heavy atom. The second kappa shape index (κ2) is 2.85. The summed E-state index contributed by atoms with van der Waals surface area (Å²) in [6, 6.07) is 4.39. The van der Waals surface area contributed by atoms with E-state index in [1.807, 2.05) is 0 Å². The van der Waals surface area contributed by atoms with Crippen molar-refractivity contribution >= 4 is 0 Å². The van der Waals surface area contributed by atoms with Crippen molar-refractivity contribution in [2.24, 2.45) is 0 Å². The minimum Gasteiger partial charge on any atom is -0.365 e. The number of ether oxygens (including phenoxy) is 1. The van der Waals surface area contributed by atoms with Gasteiger partial charge in [-0.2, -0.15) is 0 Å². The van der Waals surface area contributed by atoms with Gasteiger partial charge in [-0.15, -0.1) is 0 Å². The van der Waals surface area contributed by atoms with Crippen molar-refractivity contribution in [2.75, 3.05) is 0 Å². The first-order valence-electron chi connectivity index (χ1n) is 4.83. The highest BCUT2D eigenvalue weighted by molar-refractivity contribution is 5.41. The minimum absolute atomic E-state index is 0.360. The van der Waals surface area contributed by atoms with E-state index in [0.717, 1.165) is 0 Å². The molecule has 1 heteroatoms. The molecule has 0 bridgehead atoms. The van der Waals surface area contributed by atoms with Gasteiger partial charge in [-0.25, -0.2) is 0 Å². The zero-order chi connectivity index (χ0) is 9.59. The van der Waals surface area contributed by atoms with Gasteiger partial charge < -0.3 is 4.74 Å². The second-order valence-corrected chi connectivity index (χ2v) is 3.98. The van der Waals surface area contributed by atoms with Crippen LogP contribution in [0.5, 0.6) is 0 Å². The van der Waals surface area contributed by atoms with E-state index >= 15 is 0 Å². The largest absolute Gasteiger partial charge is 0.365 e. The van der Waals surface area contributed by atoms with Crippen molar-refractivity contribution in [1.82, 2.24) is 0 Å². The van der Waals surface area contributed by atoms with Gasteiger partial charge in [-0.3, -0.25) is 0 Å². The van der Waals surface area contributed by atoms with Crippen LogP contribution in [0.4, 0.5) is 0 Å². The van der Waals surface area contributed by atoms with Crippen LogP contribution < -0.4 is 0 Å². The molecule has 0 amide bonds. The van der Waals surface area contributed by atoms with E-state index in [-0.39, 0.29) is 0 Å². The van der Waals surface area contributed by atoms with Crippen LogP contribution in [0.2, 0.25) is 0 Å². The summed E-state index contributed by atoms with van der Waals surface area (Å²) >= 11 is 0. The first kappa shape index (κ1) is 8.76. The van der Waals surface area contributed by atoms with Gasteiger partial charge in [0.1, 0.15) is 6.10 Å². The molecule has 1 heterocycles. The van der Waals surface area contributed by atoms with Crippen LogP contribution in [0.1, 0.15) is 35.3 Å². The van der Waals surface area contributed by atoms with Crippen LogP contribution in [0.15, 0.2) is 12.1 Å². The number of benzene rings is 1. The number of rotatable bonds is 1. The maximum Gasteiger partial charge on any atom is 0.109 e. The van der Waals surface area contributed by atoms with Crippen molar-refractivity contribution in [3.8, 4) is 0 Å². The molecule has 2 rings (SSSR count). The summed E-state index contributed by atoms with van der Waals surface area (Å²) in [5.74, 6) is 0. The van der Waals surface area contributed by atoms with E-state index in [1.165, 1.54) is 22.3 Å². The molecule has 0 aromatic heterocycles. The number of epoxide rings is 1. The Kier molecular flexibility index (Phi) is 1.92. The number of aryl methyl sites for hydroxylation is 1. The lowest BCUT2D eigenvalue weighted by Gasteiger charge is -2.08. The summed E-state index contributed by atoms with van der Waals surface area (Å²) < 4.78 is 5.48.